The fraction of sp³-hybridized carbons (Fsp3) is 0.455. The summed E-state index contributed by atoms with van der Waals surface area (Å²) in [5, 5.41) is 9.13. The second kappa shape index (κ2) is 4.32. The lowest BCUT2D eigenvalue weighted by atomic mass is 9.85. The van der Waals surface area contributed by atoms with E-state index in [9.17, 15) is 4.39 Å². The zero-order valence-electron chi connectivity index (χ0n) is 8.67. The number of benzene rings is 1. The SMILES string of the molecule is CSc1ccc(C(C)(C)CO)c(F)c1. The summed E-state index contributed by atoms with van der Waals surface area (Å²) >= 11 is 1.51. The summed E-state index contributed by atoms with van der Waals surface area (Å²) in [6.45, 7) is 3.59. The first-order valence-corrected chi connectivity index (χ1v) is 5.68. The second-order valence-corrected chi connectivity index (χ2v) is 4.77. The Morgan fingerprint density at radius 1 is 1.43 bits per heavy atom. The molecule has 0 unspecified atom stereocenters. The summed E-state index contributed by atoms with van der Waals surface area (Å²) in [5.41, 5.74) is 0.0545. The highest BCUT2D eigenvalue weighted by atomic mass is 32.2. The van der Waals surface area contributed by atoms with E-state index in [0.717, 1.165) is 4.90 Å². The van der Waals surface area contributed by atoms with E-state index < -0.39 is 5.41 Å². The molecule has 1 nitrogen and oxygen atoms in total. The van der Waals surface area contributed by atoms with Crippen LogP contribution in [0.25, 0.3) is 0 Å². The lowest BCUT2D eigenvalue weighted by molar-refractivity contribution is 0.215. The lowest BCUT2D eigenvalue weighted by Gasteiger charge is -2.22. The molecule has 0 saturated carbocycles. The molecule has 0 aliphatic carbocycles. The van der Waals surface area contributed by atoms with Crippen LogP contribution in [-0.2, 0) is 5.41 Å². The van der Waals surface area contributed by atoms with Crippen molar-refractivity contribution in [3.63, 3.8) is 0 Å². The zero-order valence-corrected chi connectivity index (χ0v) is 9.49. The van der Waals surface area contributed by atoms with Crippen LogP contribution < -0.4 is 0 Å². The Morgan fingerprint density at radius 3 is 2.50 bits per heavy atom. The average molecular weight is 214 g/mol. The number of aliphatic hydroxyl groups excluding tert-OH is 1. The molecule has 1 rings (SSSR count). The molecule has 0 saturated heterocycles. The first-order chi connectivity index (χ1) is 6.51. The van der Waals surface area contributed by atoms with Gasteiger partial charge in [-0.2, -0.15) is 0 Å². The van der Waals surface area contributed by atoms with Gasteiger partial charge in [-0.25, -0.2) is 4.39 Å². The normalized spacial score (nSPS) is 11.8. The third kappa shape index (κ3) is 2.28. The van der Waals surface area contributed by atoms with Crippen molar-refractivity contribution in [3.8, 4) is 0 Å². The maximum absolute atomic E-state index is 13.6. The van der Waals surface area contributed by atoms with Crippen LogP contribution in [0.1, 0.15) is 19.4 Å². The van der Waals surface area contributed by atoms with Gasteiger partial charge in [-0.1, -0.05) is 19.9 Å². The van der Waals surface area contributed by atoms with Crippen molar-refractivity contribution in [3.05, 3.63) is 29.6 Å². The molecule has 0 atom stereocenters. The summed E-state index contributed by atoms with van der Waals surface area (Å²) < 4.78 is 13.6. The van der Waals surface area contributed by atoms with Crippen LogP contribution in [-0.4, -0.2) is 18.0 Å². The summed E-state index contributed by atoms with van der Waals surface area (Å²) in [6.07, 6.45) is 1.91. The highest BCUT2D eigenvalue weighted by molar-refractivity contribution is 7.98. The van der Waals surface area contributed by atoms with Crippen LogP contribution in [0.2, 0.25) is 0 Å². The summed E-state index contributed by atoms with van der Waals surface area (Å²) in [4.78, 5) is 0.903. The molecule has 14 heavy (non-hydrogen) atoms. The average Bonchev–Trinajstić information content (AvgIpc) is 2.17. The first-order valence-electron chi connectivity index (χ1n) is 4.46. The van der Waals surface area contributed by atoms with Crippen molar-refractivity contribution < 1.29 is 9.50 Å². The van der Waals surface area contributed by atoms with Gasteiger partial charge < -0.3 is 5.11 Å². The molecular weight excluding hydrogens is 199 g/mol. The predicted molar refractivity (Wildman–Crippen MR) is 58.3 cm³/mol. The number of thioether (sulfide) groups is 1. The molecule has 1 aromatic carbocycles. The number of hydrogen-bond donors (Lipinski definition) is 1. The zero-order chi connectivity index (χ0) is 10.8. The van der Waals surface area contributed by atoms with Gasteiger partial charge in [-0.15, -0.1) is 11.8 Å². The molecule has 3 heteroatoms. The molecule has 0 spiro atoms. The standard InChI is InChI=1S/C11H15FOS/c1-11(2,7-13)9-5-4-8(14-3)6-10(9)12/h4-6,13H,7H2,1-3H3. The fourth-order valence-corrected chi connectivity index (χ4v) is 1.68. The number of hydrogen-bond acceptors (Lipinski definition) is 2. The monoisotopic (exact) mass is 214 g/mol. The van der Waals surface area contributed by atoms with E-state index >= 15 is 0 Å². The van der Waals surface area contributed by atoms with Crippen LogP contribution in [0.4, 0.5) is 4.39 Å². The highest BCUT2D eigenvalue weighted by Crippen LogP contribution is 2.27. The maximum atomic E-state index is 13.6. The molecular formula is C11H15FOS. The number of halogens is 1. The van der Waals surface area contributed by atoms with Crippen LogP contribution in [0.5, 0.6) is 0 Å². The Morgan fingerprint density at radius 2 is 2.07 bits per heavy atom. The van der Waals surface area contributed by atoms with Gasteiger partial charge >= 0.3 is 0 Å². The van der Waals surface area contributed by atoms with E-state index in [0.29, 0.717) is 5.56 Å². The van der Waals surface area contributed by atoms with Crippen molar-refractivity contribution in [1.82, 2.24) is 0 Å². The van der Waals surface area contributed by atoms with Crippen molar-refractivity contribution in [1.29, 1.82) is 0 Å². The van der Waals surface area contributed by atoms with Gasteiger partial charge in [0.1, 0.15) is 5.82 Å². The molecule has 1 aromatic rings. The molecule has 78 valence electrons. The Bertz CT molecular complexity index is 323. The number of aliphatic hydroxyl groups is 1. The van der Waals surface area contributed by atoms with Gasteiger partial charge in [0.25, 0.3) is 0 Å². The molecule has 0 amide bonds. The molecule has 0 radical (unpaired) electrons. The van der Waals surface area contributed by atoms with Crippen molar-refractivity contribution in [2.75, 3.05) is 12.9 Å². The van der Waals surface area contributed by atoms with E-state index in [2.05, 4.69) is 0 Å². The van der Waals surface area contributed by atoms with Gasteiger partial charge in [0.15, 0.2) is 0 Å². The Labute approximate surface area is 88.3 Å². The summed E-state index contributed by atoms with van der Waals surface area (Å²) in [6, 6.07) is 5.13. The fourth-order valence-electron chi connectivity index (χ4n) is 1.26. The van der Waals surface area contributed by atoms with Crippen LogP contribution in [0.15, 0.2) is 23.1 Å². The largest absolute Gasteiger partial charge is 0.395 e. The van der Waals surface area contributed by atoms with Gasteiger partial charge in [0.2, 0.25) is 0 Å². The molecule has 0 bridgehead atoms. The minimum absolute atomic E-state index is 0.0530. The number of rotatable bonds is 3. The van der Waals surface area contributed by atoms with E-state index in [1.165, 1.54) is 17.8 Å². The highest BCUT2D eigenvalue weighted by Gasteiger charge is 2.23. The van der Waals surface area contributed by atoms with Gasteiger partial charge in [-0.05, 0) is 24.0 Å². The van der Waals surface area contributed by atoms with E-state index in [1.54, 1.807) is 6.07 Å². The minimum Gasteiger partial charge on any atom is -0.395 e. The smallest absolute Gasteiger partial charge is 0.128 e. The van der Waals surface area contributed by atoms with E-state index in [4.69, 9.17) is 5.11 Å². The van der Waals surface area contributed by atoms with Gasteiger partial charge in [0, 0.05) is 10.3 Å². The summed E-state index contributed by atoms with van der Waals surface area (Å²) in [7, 11) is 0. The van der Waals surface area contributed by atoms with Crippen LogP contribution in [0.3, 0.4) is 0 Å². The molecule has 0 fully saturated rings. The van der Waals surface area contributed by atoms with Crippen molar-refractivity contribution in [2.24, 2.45) is 0 Å². The minimum atomic E-state index is -0.513. The topological polar surface area (TPSA) is 20.2 Å². The second-order valence-electron chi connectivity index (χ2n) is 3.89. The third-order valence-corrected chi connectivity index (χ3v) is 3.03. The molecule has 0 heterocycles. The molecule has 0 aliphatic heterocycles. The summed E-state index contributed by atoms with van der Waals surface area (Å²) in [5.74, 6) is -0.240. The van der Waals surface area contributed by atoms with Crippen molar-refractivity contribution >= 4 is 11.8 Å². The Kier molecular flexibility index (Phi) is 3.56. The molecule has 0 aromatic heterocycles. The van der Waals surface area contributed by atoms with Gasteiger partial charge in [0.05, 0.1) is 6.61 Å². The Hall–Kier alpha value is -0.540. The van der Waals surface area contributed by atoms with E-state index in [1.807, 2.05) is 26.2 Å². The van der Waals surface area contributed by atoms with Crippen molar-refractivity contribution in [2.45, 2.75) is 24.2 Å². The lowest BCUT2D eigenvalue weighted by Crippen LogP contribution is -2.23. The molecule has 0 aliphatic rings. The molecule has 1 N–H and O–H groups in total. The van der Waals surface area contributed by atoms with Crippen LogP contribution in [0, 0.1) is 5.82 Å². The Balaban J connectivity index is 3.12. The van der Waals surface area contributed by atoms with Gasteiger partial charge in [-0.3, -0.25) is 0 Å². The van der Waals surface area contributed by atoms with E-state index in [-0.39, 0.29) is 12.4 Å². The first kappa shape index (κ1) is 11.5. The van der Waals surface area contributed by atoms with Crippen LogP contribution >= 0.6 is 11.8 Å². The quantitative estimate of drug-likeness (QED) is 0.781. The third-order valence-electron chi connectivity index (χ3n) is 2.30. The predicted octanol–water partition coefficient (Wildman–Crippen LogP) is 2.82. The maximum Gasteiger partial charge on any atom is 0.128 e.